The highest BCUT2D eigenvalue weighted by Gasteiger charge is 2.41. The van der Waals surface area contributed by atoms with Gasteiger partial charge in [-0.25, -0.2) is 0 Å². The molecule has 2 aliphatic rings. The van der Waals surface area contributed by atoms with Gasteiger partial charge in [0.25, 0.3) is 0 Å². The van der Waals surface area contributed by atoms with Gasteiger partial charge in [-0.3, -0.25) is 0 Å². The van der Waals surface area contributed by atoms with Gasteiger partial charge in [-0.15, -0.1) is 11.8 Å². The Balaban J connectivity index is 1.93. The fourth-order valence-electron chi connectivity index (χ4n) is 3.23. The van der Waals surface area contributed by atoms with Crippen molar-refractivity contribution in [3.8, 4) is 0 Å². The SMILES string of the molecule is CC1CCNC2(CCC(C(C)(C)C)CC2)S1. The van der Waals surface area contributed by atoms with E-state index in [1.54, 1.807) is 0 Å². The van der Waals surface area contributed by atoms with E-state index in [1.165, 1.54) is 38.6 Å². The Kier molecular flexibility index (Phi) is 3.61. The Bertz CT molecular complexity index is 236. The second-order valence-electron chi connectivity index (χ2n) is 6.78. The van der Waals surface area contributed by atoms with Gasteiger partial charge in [-0.2, -0.15) is 0 Å². The largest absolute Gasteiger partial charge is 0.303 e. The maximum atomic E-state index is 3.80. The summed E-state index contributed by atoms with van der Waals surface area (Å²) < 4.78 is 0. The first-order chi connectivity index (χ1) is 7.41. The van der Waals surface area contributed by atoms with Crippen LogP contribution in [0.25, 0.3) is 0 Å². The molecule has 1 heterocycles. The van der Waals surface area contributed by atoms with E-state index in [1.807, 2.05) is 0 Å². The third-order valence-electron chi connectivity index (χ3n) is 4.44. The van der Waals surface area contributed by atoms with Gasteiger partial charge in [0.05, 0.1) is 4.87 Å². The van der Waals surface area contributed by atoms with Crippen molar-refractivity contribution in [2.24, 2.45) is 11.3 Å². The van der Waals surface area contributed by atoms with Crippen molar-refractivity contribution in [1.29, 1.82) is 0 Å². The standard InChI is InChI=1S/C14H27NS/c1-11-7-10-15-14(16-11)8-5-12(6-9-14)13(2,3)4/h11-12,15H,5-10H2,1-4H3. The quantitative estimate of drug-likeness (QED) is 0.687. The summed E-state index contributed by atoms with van der Waals surface area (Å²) in [6, 6.07) is 0. The van der Waals surface area contributed by atoms with Crippen molar-refractivity contribution in [3.63, 3.8) is 0 Å². The summed E-state index contributed by atoms with van der Waals surface area (Å²) in [6.45, 7) is 10.8. The molecule has 1 saturated heterocycles. The summed E-state index contributed by atoms with van der Waals surface area (Å²) >= 11 is 2.21. The maximum absolute atomic E-state index is 3.80. The zero-order valence-electron chi connectivity index (χ0n) is 11.3. The molecule has 1 nitrogen and oxygen atoms in total. The van der Waals surface area contributed by atoms with Crippen molar-refractivity contribution < 1.29 is 0 Å². The van der Waals surface area contributed by atoms with Gasteiger partial charge in [0, 0.05) is 5.25 Å². The first kappa shape index (κ1) is 12.8. The van der Waals surface area contributed by atoms with Crippen LogP contribution in [0.4, 0.5) is 0 Å². The lowest BCUT2D eigenvalue weighted by atomic mass is 9.71. The number of hydrogen-bond acceptors (Lipinski definition) is 2. The average molecular weight is 241 g/mol. The molecule has 1 atom stereocenters. The summed E-state index contributed by atoms with van der Waals surface area (Å²) in [7, 11) is 0. The molecule has 0 amide bonds. The fraction of sp³-hybridized carbons (Fsp3) is 1.00. The Morgan fingerprint density at radius 3 is 2.25 bits per heavy atom. The number of nitrogens with one attached hydrogen (secondary N) is 1. The lowest BCUT2D eigenvalue weighted by Crippen LogP contribution is -2.50. The molecule has 0 bridgehead atoms. The van der Waals surface area contributed by atoms with Crippen LogP contribution in [0.1, 0.15) is 59.8 Å². The van der Waals surface area contributed by atoms with Gasteiger partial charge in [0.1, 0.15) is 0 Å². The molecular weight excluding hydrogens is 214 g/mol. The Morgan fingerprint density at radius 1 is 1.12 bits per heavy atom. The topological polar surface area (TPSA) is 12.0 Å². The monoisotopic (exact) mass is 241 g/mol. The normalized spacial score (nSPS) is 41.2. The molecule has 2 heteroatoms. The molecule has 1 aliphatic heterocycles. The molecule has 1 N–H and O–H groups in total. The minimum atomic E-state index is 0.444. The molecule has 0 aromatic carbocycles. The van der Waals surface area contributed by atoms with E-state index in [0.717, 1.165) is 11.2 Å². The molecule has 1 saturated carbocycles. The fourth-order valence-corrected chi connectivity index (χ4v) is 4.90. The second-order valence-corrected chi connectivity index (χ2v) is 8.60. The molecule has 0 aromatic heterocycles. The Morgan fingerprint density at radius 2 is 1.75 bits per heavy atom. The zero-order chi connectivity index (χ0) is 11.8. The number of hydrogen-bond donors (Lipinski definition) is 1. The predicted molar refractivity (Wildman–Crippen MR) is 73.8 cm³/mol. The van der Waals surface area contributed by atoms with E-state index in [0.29, 0.717) is 10.3 Å². The third kappa shape index (κ3) is 2.76. The van der Waals surface area contributed by atoms with Crippen LogP contribution < -0.4 is 5.32 Å². The first-order valence-electron chi connectivity index (χ1n) is 6.84. The van der Waals surface area contributed by atoms with Crippen molar-refractivity contribution in [1.82, 2.24) is 5.32 Å². The van der Waals surface area contributed by atoms with E-state index in [2.05, 4.69) is 44.8 Å². The van der Waals surface area contributed by atoms with Gasteiger partial charge < -0.3 is 5.32 Å². The first-order valence-corrected chi connectivity index (χ1v) is 7.72. The van der Waals surface area contributed by atoms with Crippen molar-refractivity contribution >= 4 is 11.8 Å². The predicted octanol–water partition coefficient (Wildman–Crippen LogP) is 4.03. The Labute approximate surface area is 105 Å². The van der Waals surface area contributed by atoms with Gasteiger partial charge in [0.15, 0.2) is 0 Å². The van der Waals surface area contributed by atoms with Crippen molar-refractivity contribution in [3.05, 3.63) is 0 Å². The summed E-state index contributed by atoms with van der Waals surface area (Å²) in [5.41, 5.74) is 0.507. The third-order valence-corrected chi connectivity index (χ3v) is 6.08. The van der Waals surface area contributed by atoms with Crippen LogP contribution in [-0.4, -0.2) is 16.7 Å². The molecule has 1 aliphatic carbocycles. The maximum Gasteiger partial charge on any atom is 0.0648 e. The molecule has 2 fully saturated rings. The number of thioether (sulfide) groups is 1. The van der Waals surface area contributed by atoms with Crippen LogP contribution in [0.15, 0.2) is 0 Å². The summed E-state index contributed by atoms with van der Waals surface area (Å²) in [5.74, 6) is 0.928. The number of rotatable bonds is 0. The van der Waals surface area contributed by atoms with Gasteiger partial charge in [0.2, 0.25) is 0 Å². The minimum Gasteiger partial charge on any atom is -0.303 e. The van der Waals surface area contributed by atoms with Crippen LogP contribution >= 0.6 is 11.8 Å². The van der Waals surface area contributed by atoms with Gasteiger partial charge >= 0.3 is 0 Å². The van der Waals surface area contributed by atoms with Crippen LogP contribution in [0, 0.1) is 11.3 Å². The molecule has 94 valence electrons. The smallest absolute Gasteiger partial charge is 0.0648 e. The van der Waals surface area contributed by atoms with Crippen molar-refractivity contribution in [2.75, 3.05) is 6.54 Å². The van der Waals surface area contributed by atoms with E-state index in [-0.39, 0.29) is 0 Å². The summed E-state index contributed by atoms with van der Waals surface area (Å²) in [5, 5.41) is 4.65. The van der Waals surface area contributed by atoms with Crippen LogP contribution in [0.3, 0.4) is 0 Å². The minimum absolute atomic E-state index is 0.444. The van der Waals surface area contributed by atoms with Crippen molar-refractivity contribution in [2.45, 2.75) is 69.9 Å². The molecule has 16 heavy (non-hydrogen) atoms. The molecule has 0 aromatic rings. The molecular formula is C14H27NS. The van der Waals surface area contributed by atoms with Crippen LogP contribution in [0.5, 0.6) is 0 Å². The van der Waals surface area contributed by atoms with Gasteiger partial charge in [-0.1, -0.05) is 27.7 Å². The lowest BCUT2D eigenvalue weighted by molar-refractivity contribution is 0.148. The highest BCUT2D eigenvalue weighted by Crippen LogP contribution is 2.48. The Hall–Kier alpha value is 0.310. The highest BCUT2D eigenvalue weighted by molar-refractivity contribution is 8.01. The second kappa shape index (κ2) is 4.53. The molecule has 1 spiro atoms. The van der Waals surface area contributed by atoms with Crippen LogP contribution in [0.2, 0.25) is 0 Å². The van der Waals surface area contributed by atoms with E-state index < -0.39 is 0 Å². The lowest BCUT2D eigenvalue weighted by Gasteiger charge is -2.47. The highest BCUT2D eigenvalue weighted by atomic mass is 32.2. The summed E-state index contributed by atoms with van der Waals surface area (Å²) in [4.78, 5) is 0.444. The van der Waals surface area contributed by atoms with E-state index in [9.17, 15) is 0 Å². The van der Waals surface area contributed by atoms with Crippen LogP contribution in [-0.2, 0) is 0 Å². The summed E-state index contributed by atoms with van der Waals surface area (Å²) in [6.07, 6.45) is 6.93. The van der Waals surface area contributed by atoms with E-state index in [4.69, 9.17) is 0 Å². The molecule has 1 unspecified atom stereocenters. The zero-order valence-corrected chi connectivity index (χ0v) is 12.1. The molecule has 0 radical (unpaired) electrons. The average Bonchev–Trinajstić information content (AvgIpc) is 2.16. The van der Waals surface area contributed by atoms with Gasteiger partial charge in [-0.05, 0) is 50.0 Å². The molecule has 2 rings (SSSR count). The van der Waals surface area contributed by atoms with E-state index >= 15 is 0 Å².